The maximum Gasteiger partial charge on any atom is 0.336 e. The molecule has 0 bridgehead atoms. The SMILES string of the molecule is Cc1cc(=O)oc2cc(OCc3cc([N+](=O)[O-])cc4c3OCOC4)ccc12. The highest BCUT2D eigenvalue weighted by atomic mass is 16.7. The van der Waals surface area contributed by atoms with Gasteiger partial charge >= 0.3 is 5.63 Å². The second kappa shape index (κ2) is 6.73. The number of non-ortho nitro benzene ring substituents is 1. The molecule has 1 aliphatic rings. The zero-order valence-electron chi connectivity index (χ0n) is 14.4. The summed E-state index contributed by atoms with van der Waals surface area (Å²) in [4.78, 5) is 22.3. The molecule has 1 aromatic heterocycles. The van der Waals surface area contributed by atoms with E-state index >= 15 is 0 Å². The summed E-state index contributed by atoms with van der Waals surface area (Å²) in [7, 11) is 0. The number of nitro benzene ring substituents is 1. The monoisotopic (exact) mass is 369 g/mol. The van der Waals surface area contributed by atoms with Gasteiger partial charge in [-0.05, 0) is 24.6 Å². The Hall–Kier alpha value is -3.39. The predicted molar refractivity (Wildman–Crippen MR) is 94.9 cm³/mol. The Kier molecular flexibility index (Phi) is 4.25. The van der Waals surface area contributed by atoms with Gasteiger partial charge in [0, 0.05) is 40.8 Å². The van der Waals surface area contributed by atoms with Crippen molar-refractivity contribution in [2.24, 2.45) is 0 Å². The molecule has 0 spiro atoms. The van der Waals surface area contributed by atoms with Gasteiger partial charge in [0.1, 0.15) is 23.7 Å². The lowest BCUT2D eigenvalue weighted by Crippen LogP contribution is -2.14. The van der Waals surface area contributed by atoms with Crippen molar-refractivity contribution in [1.82, 2.24) is 0 Å². The first-order valence-electron chi connectivity index (χ1n) is 8.19. The van der Waals surface area contributed by atoms with Crippen LogP contribution in [-0.2, 0) is 18.0 Å². The molecule has 0 fully saturated rings. The van der Waals surface area contributed by atoms with Crippen LogP contribution in [0.15, 0.2) is 45.6 Å². The number of ether oxygens (including phenoxy) is 3. The lowest BCUT2D eigenvalue weighted by Gasteiger charge is -2.20. The van der Waals surface area contributed by atoms with Crippen molar-refractivity contribution >= 4 is 16.7 Å². The van der Waals surface area contributed by atoms with Gasteiger partial charge in [0.2, 0.25) is 0 Å². The lowest BCUT2D eigenvalue weighted by atomic mass is 10.1. The fraction of sp³-hybridized carbons (Fsp3) is 0.211. The lowest BCUT2D eigenvalue weighted by molar-refractivity contribution is -0.385. The van der Waals surface area contributed by atoms with E-state index in [1.807, 2.05) is 6.92 Å². The number of hydrogen-bond donors (Lipinski definition) is 0. The number of rotatable bonds is 4. The summed E-state index contributed by atoms with van der Waals surface area (Å²) in [6.07, 6.45) is 0. The quantitative estimate of drug-likeness (QED) is 0.394. The highest BCUT2D eigenvalue weighted by Crippen LogP contribution is 2.33. The molecule has 0 N–H and O–H groups in total. The van der Waals surface area contributed by atoms with Crippen molar-refractivity contribution in [1.29, 1.82) is 0 Å². The molecule has 8 heteroatoms. The van der Waals surface area contributed by atoms with Crippen molar-refractivity contribution in [2.75, 3.05) is 6.79 Å². The van der Waals surface area contributed by atoms with Gasteiger partial charge in [0.15, 0.2) is 6.79 Å². The van der Waals surface area contributed by atoms with Crippen molar-refractivity contribution in [3.8, 4) is 11.5 Å². The molecule has 0 amide bonds. The Morgan fingerprint density at radius 1 is 1.22 bits per heavy atom. The maximum atomic E-state index is 11.6. The summed E-state index contributed by atoms with van der Waals surface area (Å²) in [5.41, 5.74) is 1.90. The summed E-state index contributed by atoms with van der Waals surface area (Å²) in [6.45, 7) is 2.21. The molecule has 1 aliphatic heterocycles. The summed E-state index contributed by atoms with van der Waals surface area (Å²) < 4.78 is 21.7. The van der Waals surface area contributed by atoms with Crippen molar-refractivity contribution in [3.63, 3.8) is 0 Å². The van der Waals surface area contributed by atoms with E-state index in [1.165, 1.54) is 18.2 Å². The van der Waals surface area contributed by atoms with Crippen molar-refractivity contribution < 1.29 is 23.6 Å². The van der Waals surface area contributed by atoms with E-state index in [1.54, 1.807) is 18.2 Å². The fourth-order valence-corrected chi connectivity index (χ4v) is 3.05. The Balaban J connectivity index is 1.65. The second-order valence-electron chi connectivity index (χ2n) is 6.16. The largest absolute Gasteiger partial charge is 0.489 e. The summed E-state index contributed by atoms with van der Waals surface area (Å²) >= 11 is 0. The Morgan fingerprint density at radius 2 is 2.07 bits per heavy atom. The van der Waals surface area contributed by atoms with Gasteiger partial charge in [-0.3, -0.25) is 10.1 Å². The van der Waals surface area contributed by atoms with E-state index in [0.717, 1.165) is 10.9 Å². The Bertz CT molecular complexity index is 1100. The topological polar surface area (TPSA) is 101 Å². The third-order valence-corrected chi connectivity index (χ3v) is 4.30. The zero-order valence-corrected chi connectivity index (χ0v) is 14.4. The van der Waals surface area contributed by atoms with E-state index < -0.39 is 10.5 Å². The summed E-state index contributed by atoms with van der Waals surface area (Å²) in [5, 5.41) is 12.0. The van der Waals surface area contributed by atoms with Gasteiger partial charge in [-0.2, -0.15) is 0 Å². The number of hydrogen-bond acceptors (Lipinski definition) is 7. The van der Waals surface area contributed by atoms with Gasteiger partial charge in [-0.15, -0.1) is 0 Å². The number of nitrogens with zero attached hydrogens (tertiary/aromatic N) is 1. The third kappa shape index (κ3) is 3.34. The molecular formula is C19H15NO7. The Labute approximate surface area is 153 Å². The van der Waals surface area contributed by atoms with E-state index in [-0.39, 0.29) is 25.7 Å². The van der Waals surface area contributed by atoms with Crippen molar-refractivity contribution in [2.45, 2.75) is 20.1 Å². The number of nitro groups is 1. The molecular weight excluding hydrogens is 354 g/mol. The van der Waals surface area contributed by atoms with E-state index in [2.05, 4.69) is 0 Å². The molecule has 3 aromatic rings. The molecule has 2 aromatic carbocycles. The zero-order chi connectivity index (χ0) is 19.0. The van der Waals surface area contributed by atoms with Crippen LogP contribution in [0.5, 0.6) is 11.5 Å². The minimum absolute atomic E-state index is 0.0541. The van der Waals surface area contributed by atoms with E-state index in [0.29, 0.717) is 28.2 Å². The molecule has 0 radical (unpaired) electrons. The average molecular weight is 369 g/mol. The van der Waals surface area contributed by atoms with Gasteiger partial charge in [0.05, 0.1) is 11.5 Å². The summed E-state index contributed by atoms with van der Waals surface area (Å²) in [6, 6.07) is 9.47. The van der Waals surface area contributed by atoms with Crippen LogP contribution in [0.2, 0.25) is 0 Å². The molecule has 0 saturated heterocycles. The number of aryl methyl sites for hydroxylation is 1. The van der Waals surface area contributed by atoms with Crippen LogP contribution in [0, 0.1) is 17.0 Å². The van der Waals surface area contributed by atoms with Gasteiger partial charge < -0.3 is 18.6 Å². The smallest absolute Gasteiger partial charge is 0.336 e. The molecule has 138 valence electrons. The van der Waals surface area contributed by atoms with Crippen LogP contribution < -0.4 is 15.1 Å². The maximum absolute atomic E-state index is 11.6. The third-order valence-electron chi connectivity index (χ3n) is 4.30. The molecule has 8 nitrogen and oxygen atoms in total. The van der Waals surface area contributed by atoms with Crippen LogP contribution in [0.4, 0.5) is 5.69 Å². The van der Waals surface area contributed by atoms with Crippen molar-refractivity contribution in [3.05, 3.63) is 73.6 Å². The van der Waals surface area contributed by atoms with Crippen LogP contribution in [-0.4, -0.2) is 11.7 Å². The minimum Gasteiger partial charge on any atom is -0.489 e. The van der Waals surface area contributed by atoms with Gasteiger partial charge in [0.25, 0.3) is 5.69 Å². The summed E-state index contributed by atoms with van der Waals surface area (Å²) in [5.74, 6) is 1.01. The van der Waals surface area contributed by atoms with Crippen LogP contribution in [0.25, 0.3) is 11.0 Å². The predicted octanol–water partition coefficient (Wildman–Crippen LogP) is 3.46. The standard InChI is InChI=1S/C19H15NO7/c1-11-4-18(21)27-17-7-15(2-3-16(11)17)25-9-13-6-14(20(22)23)5-12-8-24-10-26-19(12)13/h2-7H,8-10H2,1H3. The molecule has 4 rings (SSSR count). The average Bonchev–Trinajstić information content (AvgIpc) is 2.65. The normalized spacial score (nSPS) is 13.1. The minimum atomic E-state index is -0.466. The second-order valence-corrected chi connectivity index (χ2v) is 6.16. The van der Waals surface area contributed by atoms with Gasteiger partial charge in [-0.1, -0.05) is 0 Å². The molecule has 2 heterocycles. The fourth-order valence-electron chi connectivity index (χ4n) is 3.05. The van der Waals surface area contributed by atoms with Crippen LogP contribution in [0.1, 0.15) is 16.7 Å². The first-order valence-corrected chi connectivity index (χ1v) is 8.19. The first kappa shape index (κ1) is 17.0. The highest BCUT2D eigenvalue weighted by molar-refractivity contribution is 5.81. The molecule has 27 heavy (non-hydrogen) atoms. The van der Waals surface area contributed by atoms with Gasteiger partial charge in [-0.25, -0.2) is 4.79 Å². The van der Waals surface area contributed by atoms with Crippen LogP contribution in [0.3, 0.4) is 0 Å². The molecule has 0 atom stereocenters. The highest BCUT2D eigenvalue weighted by Gasteiger charge is 2.21. The molecule has 0 aliphatic carbocycles. The van der Waals surface area contributed by atoms with Crippen LogP contribution >= 0.6 is 0 Å². The Morgan fingerprint density at radius 3 is 2.89 bits per heavy atom. The number of fused-ring (bicyclic) bond motifs is 2. The molecule has 0 saturated carbocycles. The van der Waals surface area contributed by atoms with E-state index in [4.69, 9.17) is 18.6 Å². The van der Waals surface area contributed by atoms with E-state index in [9.17, 15) is 14.9 Å². The first-order chi connectivity index (χ1) is 13.0. The number of benzene rings is 2. The molecule has 0 unspecified atom stereocenters.